The number of carbonyl (C=O) groups excluding carboxylic acids is 2. The van der Waals surface area contributed by atoms with Crippen LogP contribution < -0.4 is 5.32 Å². The number of aliphatic hydroxyl groups is 2. The molecule has 0 aromatic heterocycles. The maximum absolute atomic E-state index is 13.2. The van der Waals surface area contributed by atoms with Crippen LogP contribution in [0.5, 0.6) is 0 Å². The molecule has 3 atom stereocenters. The Bertz CT molecular complexity index is 1020. The molecule has 0 bridgehead atoms. The summed E-state index contributed by atoms with van der Waals surface area (Å²) in [5, 5.41) is 23.8. The number of ether oxygens (including phenoxy) is 1. The third-order valence-corrected chi connectivity index (χ3v) is 12.4. The summed E-state index contributed by atoms with van der Waals surface area (Å²) in [4.78, 5) is 26.2. The van der Waals surface area contributed by atoms with Gasteiger partial charge in [-0.3, -0.25) is 9.59 Å². The van der Waals surface area contributed by atoms with Crippen molar-refractivity contribution in [3.63, 3.8) is 0 Å². The Morgan fingerprint density at radius 2 is 0.823 bits per heavy atom. The average molecular weight is 872 g/mol. The van der Waals surface area contributed by atoms with Gasteiger partial charge in [0.1, 0.15) is 6.10 Å². The highest BCUT2D eigenvalue weighted by Gasteiger charge is 2.24. The molecule has 0 radical (unpaired) electrons. The highest BCUT2D eigenvalue weighted by atomic mass is 16.5. The fourth-order valence-corrected chi connectivity index (χ4v) is 8.28. The van der Waals surface area contributed by atoms with Crippen LogP contribution in [-0.4, -0.2) is 46.9 Å². The van der Waals surface area contributed by atoms with E-state index in [9.17, 15) is 19.8 Å². The fraction of sp³-hybridized carbons (Fsp3) is 0.857. The molecule has 0 saturated heterocycles. The first kappa shape index (κ1) is 60.1. The van der Waals surface area contributed by atoms with E-state index in [1.165, 1.54) is 167 Å². The van der Waals surface area contributed by atoms with E-state index in [0.717, 1.165) is 70.6 Å². The largest absolute Gasteiger partial charge is 0.462 e. The van der Waals surface area contributed by atoms with E-state index < -0.39 is 18.2 Å². The molecule has 1 amide bonds. The first-order valence-electron chi connectivity index (χ1n) is 27.2. The summed E-state index contributed by atoms with van der Waals surface area (Å²) in [7, 11) is 0. The normalized spacial score (nSPS) is 13.4. The zero-order valence-electron chi connectivity index (χ0n) is 41.5. The first-order valence-corrected chi connectivity index (χ1v) is 27.2. The minimum atomic E-state index is -0.790. The van der Waals surface area contributed by atoms with Crippen LogP contribution in [-0.2, 0) is 14.3 Å². The summed E-state index contributed by atoms with van der Waals surface area (Å²) in [6.07, 6.45) is 59.1. The Balaban J connectivity index is 4.59. The molecule has 0 aromatic rings. The minimum Gasteiger partial charge on any atom is -0.462 e. The van der Waals surface area contributed by atoms with Crippen LogP contribution in [0.2, 0.25) is 0 Å². The van der Waals surface area contributed by atoms with E-state index in [-0.39, 0.29) is 24.9 Å². The molecule has 0 aromatic carbocycles. The van der Waals surface area contributed by atoms with E-state index in [0.29, 0.717) is 19.3 Å². The van der Waals surface area contributed by atoms with Crippen molar-refractivity contribution in [2.45, 2.75) is 302 Å². The van der Waals surface area contributed by atoms with Crippen molar-refractivity contribution in [1.29, 1.82) is 0 Å². The maximum Gasteiger partial charge on any atom is 0.306 e. The van der Waals surface area contributed by atoms with Crippen molar-refractivity contribution in [2.24, 2.45) is 0 Å². The molecule has 3 unspecified atom stereocenters. The number of amides is 1. The summed E-state index contributed by atoms with van der Waals surface area (Å²) < 4.78 is 5.94. The number of hydrogen-bond acceptors (Lipinski definition) is 5. The molecule has 0 spiro atoms. The Morgan fingerprint density at radius 1 is 0.468 bits per heavy atom. The second-order valence-electron chi connectivity index (χ2n) is 18.6. The van der Waals surface area contributed by atoms with Crippen molar-refractivity contribution in [3.8, 4) is 0 Å². The third kappa shape index (κ3) is 44.7. The Labute approximate surface area is 385 Å². The molecule has 0 aliphatic heterocycles. The third-order valence-electron chi connectivity index (χ3n) is 12.4. The van der Waals surface area contributed by atoms with Gasteiger partial charge >= 0.3 is 5.97 Å². The molecule has 0 rings (SSSR count). The van der Waals surface area contributed by atoms with Crippen molar-refractivity contribution >= 4 is 11.9 Å². The predicted molar refractivity (Wildman–Crippen MR) is 269 cm³/mol. The molecular weight excluding hydrogens is 767 g/mol. The Hall–Kier alpha value is -1.92. The van der Waals surface area contributed by atoms with Crippen LogP contribution in [0.25, 0.3) is 0 Å². The zero-order chi connectivity index (χ0) is 45.2. The monoisotopic (exact) mass is 872 g/mol. The summed E-state index contributed by atoms with van der Waals surface area (Å²) in [6.45, 7) is 6.46. The van der Waals surface area contributed by atoms with Gasteiger partial charge in [-0.05, 0) is 83.5 Å². The van der Waals surface area contributed by atoms with Gasteiger partial charge in [0.25, 0.3) is 0 Å². The number of hydrogen-bond donors (Lipinski definition) is 3. The highest BCUT2D eigenvalue weighted by molar-refractivity contribution is 5.77. The highest BCUT2D eigenvalue weighted by Crippen LogP contribution is 2.18. The number of carbonyl (C=O) groups is 2. The second kappa shape index (κ2) is 50.1. The minimum absolute atomic E-state index is 0.0690. The fourth-order valence-electron chi connectivity index (χ4n) is 8.28. The summed E-state index contributed by atoms with van der Waals surface area (Å²) in [5.41, 5.74) is 0. The van der Waals surface area contributed by atoms with Crippen LogP contribution in [0.15, 0.2) is 36.5 Å². The average Bonchev–Trinajstić information content (AvgIpc) is 3.26. The zero-order valence-corrected chi connectivity index (χ0v) is 41.5. The van der Waals surface area contributed by atoms with Crippen molar-refractivity contribution < 1.29 is 24.5 Å². The smallest absolute Gasteiger partial charge is 0.306 e. The van der Waals surface area contributed by atoms with Crippen molar-refractivity contribution in [2.75, 3.05) is 6.61 Å². The molecule has 0 heterocycles. The van der Waals surface area contributed by atoms with Crippen molar-refractivity contribution in [3.05, 3.63) is 36.5 Å². The molecule has 0 fully saturated rings. The lowest BCUT2D eigenvalue weighted by Gasteiger charge is -2.24. The molecule has 0 saturated carbocycles. The van der Waals surface area contributed by atoms with Gasteiger partial charge in [-0.1, -0.05) is 224 Å². The molecular formula is C56H105NO5. The Kier molecular flexibility index (Phi) is 48.5. The summed E-state index contributed by atoms with van der Waals surface area (Å²) in [5.74, 6) is -0.482. The van der Waals surface area contributed by atoms with Crippen LogP contribution >= 0.6 is 0 Å². The predicted octanol–water partition coefficient (Wildman–Crippen LogP) is 16.5. The number of esters is 1. The van der Waals surface area contributed by atoms with Crippen LogP contribution in [0.3, 0.4) is 0 Å². The second-order valence-corrected chi connectivity index (χ2v) is 18.6. The molecule has 6 nitrogen and oxygen atoms in total. The van der Waals surface area contributed by atoms with E-state index in [1.54, 1.807) is 0 Å². The quantitative estimate of drug-likeness (QED) is 0.0321. The van der Waals surface area contributed by atoms with Gasteiger partial charge in [-0.2, -0.15) is 0 Å². The lowest BCUT2D eigenvalue weighted by molar-refractivity contribution is -0.151. The van der Waals surface area contributed by atoms with Gasteiger partial charge in [0, 0.05) is 6.42 Å². The molecule has 364 valence electrons. The number of rotatable bonds is 49. The van der Waals surface area contributed by atoms with Gasteiger partial charge < -0.3 is 20.3 Å². The van der Waals surface area contributed by atoms with Gasteiger partial charge in [0.2, 0.25) is 5.91 Å². The standard InChI is InChI=1S/C56H105NO5/c1-4-7-10-13-16-19-22-25-27-30-32-35-38-41-44-47-52(62-56(61)49-46-43-40-37-34-31-28-26-23-20-17-14-11-8-5-2)50-55(60)57-53(51-58)54(59)48-45-42-39-36-33-29-24-21-18-15-12-9-6-3/h16,19-20,23,25,27,52-54,58-59H,4-15,17-18,21-22,24,26,28-51H2,1-3H3,(H,57,60)/b19-16-,23-20-,27-25-. The number of aliphatic hydroxyl groups excluding tert-OH is 2. The van der Waals surface area contributed by atoms with Gasteiger partial charge in [0.05, 0.1) is 25.2 Å². The molecule has 0 aliphatic rings. The Morgan fingerprint density at radius 3 is 1.29 bits per heavy atom. The maximum atomic E-state index is 13.2. The lowest BCUT2D eigenvalue weighted by atomic mass is 10.0. The van der Waals surface area contributed by atoms with E-state index >= 15 is 0 Å². The van der Waals surface area contributed by atoms with E-state index in [1.807, 2.05) is 0 Å². The first-order chi connectivity index (χ1) is 30.5. The van der Waals surface area contributed by atoms with Gasteiger partial charge in [-0.15, -0.1) is 0 Å². The van der Waals surface area contributed by atoms with Crippen LogP contribution in [0, 0.1) is 0 Å². The SMILES string of the molecule is CCCCC/C=C\C/C=C\CCCCCCCC(CC(=O)NC(CO)C(O)CCCCCCCCCCCCCCC)OC(=O)CCCCCCCCC/C=C\CCCCCC. The van der Waals surface area contributed by atoms with Crippen LogP contribution in [0.4, 0.5) is 0 Å². The summed E-state index contributed by atoms with van der Waals surface area (Å²) in [6, 6.07) is -0.705. The molecule has 6 heteroatoms. The van der Waals surface area contributed by atoms with Crippen molar-refractivity contribution in [1.82, 2.24) is 5.32 Å². The topological polar surface area (TPSA) is 95.9 Å². The number of allylic oxidation sites excluding steroid dienone is 6. The van der Waals surface area contributed by atoms with Gasteiger partial charge in [-0.25, -0.2) is 0 Å². The van der Waals surface area contributed by atoms with Crippen LogP contribution in [0.1, 0.15) is 284 Å². The summed E-state index contributed by atoms with van der Waals surface area (Å²) >= 11 is 0. The van der Waals surface area contributed by atoms with E-state index in [4.69, 9.17) is 4.74 Å². The number of unbranched alkanes of at least 4 members (excludes halogenated alkanes) is 31. The van der Waals surface area contributed by atoms with Gasteiger partial charge in [0.15, 0.2) is 0 Å². The molecule has 3 N–H and O–H groups in total. The molecule has 62 heavy (non-hydrogen) atoms. The molecule has 0 aliphatic carbocycles. The number of nitrogens with one attached hydrogen (secondary N) is 1. The van der Waals surface area contributed by atoms with E-state index in [2.05, 4.69) is 62.5 Å². The lowest BCUT2D eigenvalue weighted by Crippen LogP contribution is -2.46.